The second-order valence-corrected chi connectivity index (χ2v) is 16.5. The Morgan fingerprint density at radius 3 is 1.74 bits per heavy atom. The Kier molecular flexibility index (Phi) is 20.6. The van der Waals surface area contributed by atoms with Crippen LogP contribution in [0.25, 0.3) is 10.8 Å². The fourth-order valence-corrected chi connectivity index (χ4v) is 7.66. The van der Waals surface area contributed by atoms with E-state index in [1.165, 1.54) is 17.0 Å². The van der Waals surface area contributed by atoms with Crippen LogP contribution in [0, 0.1) is 0 Å². The molecular formula is C45H65N15O8. The van der Waals surface area contributed by atoms with Crippen molar-refractivity contribution in [1.29, 1.82) is 0 Å². The second kappa shape index (κ2) is 26.5. The van der Waals surface area contributed by atoms with E-state index in [-0.39, 0.29) is 101 Å². The summed E-state index contributed by atoms with van der Waals surface area (Å²) in [6, 6.07) is 11.8. The summed E-state index contributed by atoms with van der Waals surface area (Å²) in [6.45, 7) is 0.617. The van der Waals surface area contributed by atoms with Crippen LogP contribution in [0.3, 0.4) is 0 Å². The summed E-state index contributed by atoms with van der Waals surface area (Å²) in [7, 11) is 0. The molecule has 0 aromatic heterocycles. The Hall–Kier alpha value is -7.69. The number of amides is 5. The lowest BCUT2D eigenvalue weighted by Gasteiger charge is -2.31. The van der Waals surface area contributed by atoms with Gasteiger partial charge in [0.05, 0.1) is 6.04 Å². The number of nitrogens with two attached hydrogens (primary N) is 7. The molecule has 368 valence electrons. The minimum atomic E-state index is -1.34. The van der Waals surface area contributed by atoms with Crippen LogP contribution in [0.4, 0.5) is 0 Å². The van der Waals surface area contributed by atoms with Gasteiger partial charge in [-0.05, 0) is 85.4 Å². The van der Waals surface area contributed by atoms with E-state index < -0.39 is 71.8 Å². The number of nitrogens with one attached hydrogen (secondary N) is 4. The van der Waals surface area contributed by atoms with Crippen LogP contribution in [-0.4, -0.2) is 131 Å². The van der Waals surface area contributed by atoms with Crippen LogP contribution < -0.4 is 61.4 Å². The molecule has 23 nitrogen and oxygen atoms in total. The molecule has 0 aliphatic carbocycles. The van der Waals surface area contributed by atoms with Gasteiger partial charge in [-0.1, -0.05) is 54.6 Å². The Morgan fingerprint density at radius 1 is 0.618 bits per heavy atom. The lowest BCUT2D eigenvalue weighted by atomic mass is 9.99. The molecule has 6 atom stereocenters. The second-order valence-electron chi connectivity index (χ2n) is 16.5. The van der Waals surface area contributed by atoms with E-state index in [4.69, 9.17) is 40.1 Å². The molecule has 20 N–H and O–H groups in total. The van der Waals surface area contributed by atoms with E-state index >= 15 is 0 Å². The molecule has 1 aliphatic heterocycles. The van der Waals surface area contributed by atoms with E-state index in [9.17, 15) is 39.0 Å². The molecule has 1 saturated heterocycles. The van der Waals surface area contributed by atoms with Crippen molar-refractivity contribution in [2.45, 2.75) is 100 Å². The van der Waals surface area contributed by atoms with Crippen LogP contribution in [0.15, 0.2) is 81.7 Å². The zero-order valence-corrected chi connectivity index (χ0v) is 37.9. The van der Waals surface area contributed by atoms with Crippen LogP contribution in [0.5, 0.6) is 5.75 Å². The van der Waals surface area contributed by atoms with E-state index in [2.05, 4.69) is 36.2 Å². The third-order valence-corrected chi connectivity index (χ3v) is 11.2. The first-order valence-electron chi connectivity index (χ1n) is 22.3. The van der Waals surface area contributed by atoms with Crippen molar-refractivity contribution in [2.24, 2.45) is 55.1 Å². The first-order valence-corrected chi connectivity index (χ1v) is 22.3. The molecule has 4 rings (SSSR count). The number of fused-ring (bicyclic) bond motifs is 1. The van der Waals surface area contributed by atoms with Gasteiger partial charge in [0.1, 0.15) is 36.0 Å². The van der Waals surface area contributed by atoms with Gasteiger partial charge in [-0.3, -0.25) is 38.9 Å². The molecular weight excluding hydrogens is 879 g/mol. The molecule has 5 amide bonds. The van der Waals surface area contributed by atoms with Gasteiger partial charge < -0.3 is 76.5 Å². The van der Waals surface area contributed by atoms with Gasteiger partial charge in [-0.2, -0.15) is 0 Å². The average molecular weight is 944 g/mol. The number of hydrogen-bond acceptors (Lipinski definition) is 11. The summed E-state index contributed by atoms with van der Waals surface area (Å²) in [5.74, 6) is -5.22. The first kappa shape index (κ1) is 52.9. The van der Waals surface area contributed by atoms with Gasteiger partial charge in [-0.15, -0.1) is 0 Å². The molecule has 0 bridgehead atoms. The Bertz CT molecular complexity index is 2300. The number of aliphatic imine (C=N–C) groups is 3. The van der Waals surface area contributed by atoms with Crippen molar-refractivity contribution in [3.8, 4) is 5.75 Å². The highest BCUT2D eigenvalue weighted by atomic mass is 16.4. The third kappa shape index (κ3) is 17.3. The van der Waals surface area contributed by atoms with Crippen LogP contribution in [-0.2, 0) is 41.6 Å². The fraction of sp³-hybridized carbons (Fsp3) is 0.444. The quantitative estimate of drug-likeness (QED) is 0.0232. The van der Waals surface area contributed by atoms with Gasteiger partial charge in [0.25, 0.3) is 0 Å². The van der Waals surface area contributed by atoms with E-state index in [1.54, 1.807) is 12.1 Å². The zero-order valence-electron chi connectivity index (χ0n) is 37.9. The van der Waals surface area contributed by atoms with E-state index in [0.717, 1.165) is 10.8 Å². The summed E-state index contributed by atoms with van der Waals surface area (Å²) in [4.78, 5) is 96.0. The number of benzene rings is 3. The van der Waals surface area contributed by atoms with Gasteiger partial charge in [0.15, 0.2) is 17.9 Å². The molecule has 1 heterocycles. The zero-order chi connectivity index (χ0) is 49.8. The SMILES string of the molecule is NC(N)=NCCC[C@H](NC(=O)[C@@H]1CCCN1C(=O)[C@@H](Cc1ccc(O)cc1)NC(=O)[C@H](Cc1ccc2ccccc2c1)NC(=O)[C@H](CCCN=C(N)N)NC(=O)[C@@H](N)CCCN=C(N)N)C(=O)O. The number of aliphatic carboxylic acids is 1. The number of carboxylic acid groups (broad SMARTS) is 1. The fourth-order valence-electron chi connectivity index (χ4n) is 7.66. The number of carbonyl (C=O) groups is 6. The first-order chi connectivity index (χ1) is 32.4. The molecule has 0 unspecified atom stereocenters. The number of nitrogens with zero attached hydrogens (tertiary/aromatic N) is 4. The molecule has 1 aliphatic rings. The summed E-state index contributed by atoms with van der Waals surface area (Å²) in [6.07, 6.45) is 1.58. The van der Waals surface area contributed by atoms with Crippen molar-refractivity contribution < 1.29 is 39.0 Å². The van der Waals surface area contributed by atoms with Gasteiger partial charge in [0, 0.05) is 39.0 Å². The van der Waals surface area contributed by atoms with Crippen molar-refractivity contribution in [2.75, 3.05) is 26.2 Å². The van der Waals surface area contributed by atoms with Gasteiger partial charge in [-0.25, -0.2) is 4.79 Å². The Balaban J connectivity index is 1.65. The highest BCUT2D eigenvalue weighted by Gasteiger charge is 2.40. The number of carbonyl (C=O) groups excluding carboxylic acids is 5. The Morgan fingerprint density at radius 2 is 1.13 bits per heavy atom. The lowest BCUT2D eigenvalue weighted by molar-refractivity contribution is -0.145. The average Bonchev–Trinajstić information content (AvgIpc) is 3.79. The number of phenolic OH excluding ortho intramolecular Hbond substituents is 1. The normalized spacial score (nSPS) is 15.4. The maximum atomic E-state index is 14.7. The lowest BCUT2D eigenvalue weighted by Crippen LogP contribution is -2.60. The maximum Gasteiger partial charge on any atom is 0.326 e. The topological polar surface area (TPSA) is 413 Å². The summed E-state index contributed by atoms with van der Waals surface area (Å²) < 4.78 is 0. The molecule has 3 aromatic rings. The van der Waals surface area contributed by atoms with Crippen LogP contribution in [0.1, 0.15) is 62.5 Å². The monoisotopic (exact) mass is 944 g/mol. The largest absolute Gasteiger partial charge is 0.508 e. The number of rotatable bonds is 26. The van der Waals surface area contributed by atoms with Crippen molar-refractivity contribution in [3.05, 3.63) is 77.9 Å². The standard InChI is InChI=1S/C45H65N15O8/c46-31(9-3-19-53-43(47)48)37(62)56-32(10-4-20-54-44(49)50)38(63)58-34(25-27-13-16-28-7-1-2-8-29(28)23-27)39(64)59-35(24-26-14-17-30(61)18-15-26)41(66)60-22-6-12-36(60)40(65)57-33(42(67)68)11-5-21-55-45(51)52/h1-2,7-8,13-18,23,31-36,61H,3-6,9-12,19-22,24-25,46H2,(H,56,62)(H,57,65)(H,58,63)(H,59,64)(H,67,68)(H4,47,48,53)(H4,49,50,54)(H4,51,52,55)/t31-,32-,33-,34-,35+,36-/m0/s1. The number of carboxylic acids is 1. The highest BCUT2D eigenvalue weighted by Crippen LogP contribution is 2.22. The van der Waals surface area contributed by atoms with Gasteiger partial charge in [0.2, 0.25) is 29.5 Å². The molecule has 0 radical (unpaired) electrons. The molecule has 0 spiro atoms. The number of hydrogen-bond donors (Lipinski definition) is 13. The van der Waals surface area contributed by atoms with Crippen molar-refractivity contribution in [3.63, 3.8) is 0 Å². The van der Waals surface area contributed by atoms with Crippen LogP contribution in [0.2, 0.25) is 0 Å². The molecule has 68 heavy (non-hydrogen) atoms. The van der Waals surface area contributed by atoms with E-state index in [1.807, 2.05) is 42.5 Å². The number of guanidine groups is 3. The number of phenols is 1. The summed E-state index contributed by atoms with van der Waals surface area (Å²) >= 11 is 0. The number of aromatic hydroxyl groups is 1. The summed E-state index contributed by atoms with van der Waals surface area (Å²) in [5, 5.41) is 32.6. The molecule has 3 aromatic carbocycles. The Labute approximate surface area is 393 Å². The predicted octanol–water partition coefficient (Wildman–Crippen LogP) is -2.17. The third-order valence-electron chi connectivity index (χ3n) is 11.2. The van der Waals surface area contributed by atoms with Crippen molar-refractivity contribution >= 4 is 64.2 Å². The predicted molar refractivity (Wildman–Crippen MR) is 257 cm³/mol. The van der Waals surface area contributed by atoms with E-state index in [0.29, 0.717) is 24.0 Å². The number of likely N-dealkylation sites (tertiary alicyclic amines) is 1. The highest BCUT2D eigenvalue weighted by molar-refractivity contribution is 5.97. The minimum absolute atomic E-state index is 0.0106. The van der Waals surface area contributed by atoms with Gasteiger partial charge >= 0.3 is 5.97 Å². The van der Waals surface area contributed by atoms with Crippen molar-refractivity contribution in [1.82, 2.24) is 26.2 Å². The smallest absolute Gasteiger partial charge is 0.326 e. The molecule has 23 heteroatoms. The molecule has 1 fully saturated rings. The maximum absolute atomic E-state index is 14.7. The molecule has 0 saturated carbocycles. The van der Waals surface area contributed by atoms with Crippen LogP contribution >= 0.6 is 0 Å². The minimum Gasteiger partial charge on any atom is -0.508 e. The summed E-state index contributed by atoms with van der Waals surface area (Å²) in [5.41, 5.74) is 40.0.